The average molecular weight is 369 g/mol. The van der Waals surface area contributed by atoms with Gasteiger partial charge in [-0.1, -0.05) is 35.0 Å². The van der Waals surface area contributed by atoms with Crippen molar-refractivity contribution in [1.29, 1.82) is 0 Å². The summed E-state index contributed by atoms with van der Waals surface area (Å²) in [7, 11) is 0. The number of ether oxygens (including phenoxy) is 1. The second-order valence-electron chi connectivity index (χ2n) is 6.27. The van der Waals surface area contributed by atoms with Gasteiger partial charge in [-0.15, -0.1) is 0 Å². The summed E-state index contributed by atoms with van der Waals surface area (Å²) in [6.07, 6.45) is 1.84. The van der Waals surface area contributed by atoms with Crippen LogP contribution in [-0.4, -0.2) is 31.7 Å². The van der Waals surface area contributed by atoms with Gasteiger partial charge >= 0.3 is 0 Å². The van der Waals surface area contributed by atoms with Crippen LogP contribution in [0.15, 0.2) is 28.7 Å². The van der Waals surface area contributed by atoms with Gasteiger partial charge in [-0.2, -0.15) is 0 Å². The van der Waals surface area contributed by atoms with Crippen LogP contribution in [0, 0.1) is 5.92 Å². The maximum Gasteiger partial charge on any atom is 0.224 e. The number of hydrogen-bond donors (Lipinski definition) is 2. The summed E-state index contributed by atoms with van der Waals surface area (Å²) < 4.78 is 6.58. The van der Waals surface area contributed by atoms with E-state index in [4.69, 9.17) is 10.5 Å². The van der Waals surface area contributed by atoms with Gasteiger partial charge < -0.3 is 15.8 Å². The molecule has 2 rings (SSSR count). The topological polar surface area (TPSA) is 64.4 Å². The van der Waals surface area contributed by atoms with Crippen LogP contribution in [0.1, 0.15) is 32.3 Å². The Bertz CT molecular complexity index is 496. The van der Waals surface area contributed by atoms with E-state index in [1.807, 2.05) is 13.8 Å². The molecule has 1 saturated heterocycles. The number of carbonyl (C=O) groups is 1. The van der Waals surface area contributed by atoms with Crippen LogP contribution in [-0.2, 0) is 14.9 Å². The van der Waals surface area contributed by atoms with E-state index in [9.17, 15) is 4.79 Å². The molecular formula is C17H25BrN2O2. The lowest BCUT2D eigenvalue weighted by atomic mass is 9.74. The third-order valence-corrected chi connectivity index (χ3v) is 5.24. The van der Waals surface area contributed by atoms with Gasteiger partial charge in [-0.3, -0.25) is 4.79 Å². The van der Waals surface area contributed by atoms with Crippen molar-refractivity contribution in [2.24, 2.45) is 11.7 Å². The molecule has 0 aliphatic carbocycles. The highest BCUT2D eigenvalue weighted by Gasteiger charge is 2.35. The second kappa shape index (κ2) is 7.57. The quantitative estimate of drug-likeness (QED) is 0.839. The SMILES string of the molecule is CC(N)C(C)C(=O)NCC1(c2ccc(Br)cc2)CCOCC1. The number of amides is 1. The Kier molecular flexibility index (Phi) is 6.01. The molecule has 0 spiro atoms. The van der Waals surface area contributed by atoms with Crippen molar-refractivity contribution in [3.8, 4) is 0 Å². The zero-order chi connectivity index (χ0) is 16.2. The van der Waals surface area contributed by atoms with Crippen LogP contribution in [0.3, 0.4) is 0 Å². The monoisotopic (exact) mass is 368 g/mol. The predicted molar refractivity (Wildman–Crippen MR) is 91.7 cm³/mol. The Balaban J connectivity index is 2.12. The Morgan fingerprint density at radius 1 is 1.32 bits per heavy atom. The summed E-state index contributed by atoms with van der Waals surface area (Å²) in [5.41, 5.74) is 7.03. The molecule has 1 aliphatic heterocycles. The Morgan fingerprint density at radius 2 is 1.91 bits per heavy atom. The number of hydrogen-bond acceptors (Lipinski definition) is 3. The fourth-order valence-electron chi connectivity index (χ4n) is 2.79. The number of nitrogens with two attached hydrogens (primary N) is 1. The van der Waals surface area contributed by atoms with Gasteiger partial charge in [0.15, 0.2) is 0 Å². The summed E-state index contributed by atoms with van der Waals surface area (Å²) in [5.74, 6) is -0.153. The van der Waals surface area contributed by atoms with Gasteiger partial charge in [-0.05, 0) is 37.5 Å². The van der Waals surface area contributed by atoms with Gasteiger partial charge in [0, 0.05) is 41.6 Å². The first-order chi connectivity index (χ1) is 10.4. The summed E-state index contributed by atoms with van der Waals surface area (Å²) in [6, 6.07) is 8.24. The molecule has 1 aliphatic rings. The van der Waals surface area contributed by atoms with E-state index in [-0.39, 0.29) is 23.3 Å². The fraction of sp³-hybridized carbons (Fsp3) is 0.588. The van der Waals surface area contributed by atoms with E-state index in [2.05, 4.69) is 45.5 Å². The van der Waals surface area contributed by atoms with Crippen molar-refractivity contribution < 1.29 is 9.53 Å². The fourth-order valence-corrected chi connectivity index (χ4v) is 3.05. The first-order valence-electron chi connectivity index (χ1n) is 7.82. The van der Waals surface area contributed by atoms with Gasteiger partial charge in [-0.25, -0.2) is 0 Å². The van der Waals surface area contributed by atoms with Crippen LogP contribution < -0.4 is 11.1 Å². The van der Waals surface area contributed by atoms with Crippen LogP contribution in [0.5, 0.6) is 0 Å². The molecule has 5 heteroatoms. The maximum absolute atomic E-state index is 12.2. The molecule has 1 heterocycles. The van der Waals surface area contributed by atoms with Crippen molar-refractivity contribution in [2.75, 3.05) is 19.8 Å². The van der Waals surface area contributed by atoms with Gasteiger partial charge in [0.25, 0.3) is 0 Å². The first kappa shape index (κ1) is 17.4. The molecule has 0 saturated carbocycles. The summed E-state index contributed by atoms with van der Waals surface area (Å²) >= 11 is 3.48. The lowest BCUT2D eigenvalue weighted by molar-refractivity contribution is -0.125. The van der Waals surface area contributed by atoms with E-state index in [0.717, 1.165) is 30.5 Å². The van der Waals surface area contributed by atoms with E-state index < -0.39 is 0 Å². The Hall–Kier alpha value is -0.910. The molecule has 22 heavy (non-hydrogen) atoms. The normalized spacial score (nSPS) is 20.2. The van der Waals surface area contributed by atoms with E-state index in [0.29, 0.717) is 6.54 Å². The number of benzene rings is 1. The highest BCUT2D eigenvalue weighted by atomic mass is 79.9. The molecule has 0 aromatic heterocycles. The minimum absolute atomic E-state index is 0.0259. The molecule has 1 aromatic carbocycles. The highest BCUT2D eigenvalue weighted by molar-refractivity contribution is 9.10. The minimum atomic E-state index is -0.179. The van der Waals surface area contributed by atoms with Crippen LogP contribution >= 0.6 is 15.9 Å². The molecule has 2 unspecified atom stereocenters. The van der Waals surface area contributed by atoms with E-state index in [1.165, 1.54) is 5.56 Å². The molecule has 122 valence electrons. The zero-order valence-electron chi connectivity index (χ0n) is 13.3. The molecule has 1 fully saturated rings. The second-order valence-corrected chi connectivity index (χ2v) is 7.18. The van der Waals surface area contributed by atoms with Crippen molar-refractivity contribution in [3.05, 3.63) is 34.3 Å². The molecule has 3 N–H and O–H groups in total. The molecule has 1 aromatic rings. The smallest absolute Gasteiger partial charge is 0.224 e. The van der Waals surface area contributed by atoms with E-state index in [1.54, 1.807) is 0 Å². The van der Waals surface area contributed by atoms with Crippen LogP contribution in [0.4, 0.5) is 0 Å². The van der Waals surface area contributed by atoms with Crippen molar-refractivity contribution >= 4 is 21.8 Å². The summed E-state index contributed by atoms with van der Waals surface area (Å²) in [5, 5.41) is 3.10. The van der Waals surface area contributed by atoms with Crippen molar-refractivity contribution in [2.45, 2.75) is 38.1 Å². The summed E-state index contributed by atoms with van der Waals surface area (Å²) in [6.45, 7) is 5.83. The number of halogens is 1. The molecule has 2 atom stereocenters. The first-order valence-corrected chi connectivity index (χ1v) is 8.61. The lowest BCUT2D eigenvalue weighted by Crippen LogP contribution is -2.47. The number of rotatable bonds is 5. The number of carbonyl (C=O) groups excluding carboxylic acids is 1. The standard InChI is InChI=1S/C17H25BrN2O2/c1-12(13(2)19)16(21)20-11-17(7-9-22-10-8-17)14-3-5-15(18)6-4-14/h3-6,12-13H,7-11,19H2,1-2H3,(H,20,21). The zero-order valence-corrected chi connectivity index (χ0v) is 14.9. The Labute approximate surface area is 140 Å². The average Bonchev–Trinajstić information content (AvgIpc) is 2.53. The highest BCUT2D eigenvalue weighted by Crippen LogP contribution is 2.35. The van der Waals surface area contributed by atoms with Crippen molar-refractivity contribution in [3.63, 3.8) is 0 Å². The third-order valence-electron chi connectivity index (χ3n) is 4.71. The van der Waals surface area contributed by atoms with Gasteiger partial charge in [0.05, 0.1) is 0 Å². The molecule has 1 amide bonds. The van der Waals surface area contributed by atoms with Crippen LogP contribution in [0.25, 0.3) is 0 Å². The molecule has 0 radical (unpaired) electrons. The van der Waals surface area contributed by atoms with E-state index >= 15 is 0 Å². The maximum atomic E-state index is 12.2. The predicted octanol–water partition coefficient (Wildman–Crippen LogP) is 2.60. The molecular weight excluding hydrogens is 344 g/mol. The minimum Gasteiger partial charge on any atom is -0.381 e. The van der Waals surface area contributed by atoms with Gasteiger partial charge in [0.2, 0.25) is 5.91 Å². The number of nitrogens with one attached hydrogen (secondary N) is 1. The van der Waals surface area contributed by atoms with Crippen molar-refractivity contribution in [1.82, 2.24) is 5.32 Å². The lowest BCUT2D eigenvalue weighted by Gasteiger charge is -2.38. The molecule has 4 nitrogen and oxygen atoms in total. The van der Waals surface area contributed by atoms with Gasteiger partial charge in [0.1, 0.15) is 0 Å². The van der Waals surface area contributed by atoms with Crippen LogP contribution in [0.2, 0.25) is 0 Å². The third kappa shape index (κ3) is 4.09. The summed E-state index contributed by atoms with van der Waals surface area (Å²) in [4.78, 5) is 12.2. The largest absolute Gasteiger partial charge is 0.381 e. The Morgan fingerprint density at radius 3 is 2.45 bits per heavy atom. The molecule has 0 bridgehead atoms.